The van der Waals surface area contributed by atoms with Crippen LogP contribution < -0.4 is 14.8 Å². The van der Waals surface area contributed by atoms with Crippen LogP contribution in [0.5, 0.6) is 5.75 Å². The van der Waals surface area contributed by atoms with Gasteiger partial charge in [0.05, 0.1) is 18.6 Å². The van der Waals surface area contributed by atoms with Crippen molar-refractivity contribution >= 4 is 39.1 Å². The summed E-state index contributed by atoms with van der Waals surface area (Å²) in [5.74, 6) is -2.24. The van der Waals surface area contributed by atoms with Crippen molar-refractivity contribution in [1.29, 1.82) is 0 Å². The first-order chi connectivity index (χ1) is 24.3. The molecule has 0 aliphatic heterocycles. The van der Waals surface area contributed by atoms with Crippen LogP contribution in [0.15, 0.2) is 73.1 Å². The van der Waals surface area contributed by atoms with E-state index < -0.39 is 39.6 Å². The molecule has 0 fully saturated rings. The van der Waals surface area contributed by atoms with E-state index in [4.69, 9.17) is 4.74 Å². The number of benzene rings is 2. The molecule has 0 radical (unpaired) electrons. The minimum absolute atomic E-state index is 0.0263. The van der Waals surface area contributed by atoms with Gasteiger partial charge in [0.25, 0.3) is 11.8 Å². The summed E-state index contributed by atoms with van der Waals surface area (Å²) in [6, 6.07) is 17.2. The predicted octanol–water partition coefficient (Wildman–Crippen LogP) is 6.48. The van der Waals surface area contributed by atoms with E-state index in [1.54, 1.807) is 42.7 Å². The minimum Gasteiger partial charge on any atom is -0.494 e. The third-order valence-corrected chi connectivity index (χ3v) is 10.6. The van der Waals surface area contributed by atoms with Crippen molar-refractivity contribution in [2.75, 3.05) is 19.5 Å². The number of methoxy groups -OCH3 is 1. The number of rotatable bonds is 17. The van der Waals surface area contributed by atoms with E-state index in [-0.39, 0.29) is 11.8 Å². The summed E-state index contributed by atoms with van der Waals surface area (Å²) in [4.78, 5) is 48.5. The lowest BCUT2D eigenvalue weighted by Gasteiger charge is -2.19. The molecule has 2 aromatic heterocycles. The second-order valence-corrected chi connectivity index (χ2v) is 16.0. The Kier molecular flexibility index (Phi) is 13.9. The number of nitrogens with zero attached hydrogens (tertiary/aromatic N) is 2. The molecule has 1 atom stereocenters. The Morgan fingerprint density at radius 1 is 0.843 bits per heavy atom. The molecule has 4 aromatic rings. The highest BCUT2D eigenvalue weighted by atomic mass is 32.2. The smallest absolute Gasteiger partial charge is 0.322 e. The molecular weight excluding hydrogens is 689 g/mol. The SMILES string of the molecule is CCCCCCCOc1ccc(-c2cnc(-c3ccc(C[C@H](NC(=O)c4ccc(C(C)(C)C)s4)C(=O)NS(=O)(=O)CC(=O)OC)cc3)nc2)cc1. The number of esters is 1. The van der Waals surface area contributed by atoms with E-state index in [2.05, 4.69) is 26.9 Å². The van der Waals surface area contributed by atoms with Crippen molar-refractivity contribution in [2.45, 2.75) is 77.7 Å². The topological polar surface area (TPSA) is 154 Å². The zero-order valence-corrected chi connectivity index (χ0v) is 31.4. The molecule has 51 heavy (non-hydrogen) atoms. The molecular formula is C38H46N4O7S2. The molecule has 4 rings (SSSR count). The maximum atomic E-state index is 13.2. The van der Waals surface area contributed by atoms with Crippen LogP contribution in [0.4, 0.5) is 0 Å². The fraction of sp³-hybridized carbons (Fsp3) is 0.395. The molecule has 0 spiro atoms. The van der Waals surface area contributed by atoms with E-state index in [0.717, 1.165) is 40.8 Å². The summed E-state index contributed by atoms with van der Waals surface area (Å²) in [5, 5.41) is 2.67. The summed E-state index contributed by atoms with van der Waals surface area (Å²) in [7, 11) is -3.32. The number of nitrogens with one attached hydrogen (secondary N) is 2. The lowest BCUT2D eigenvalue weighted by Crippen LogP contribution is -2.50. The number of aromatic nitrogens is 2. The van der Waals surface area contributed by atoms with Gasteiger partial charge in [-0.25, -0.2) is 18.4 Å². The highest BCUT2D eigenvalue weighted by molar-refractivity contribution is 7.90. The maximum absolute atomic E-state index is 13.2. The number of thiophene rings is 1. The molecule has 2 heterocycles. The van der Waals surface area contributed by atoms with Crippen LogP contribution in [-0.4, -0.2) is 61.7 Å². The van der Waals surface area contributed by atoms with Gasteiger partial charge in [-0.15, -0.1) is 11.3 Å². The number of carbonyl (C=O) groups excluding carboxylic acids is 3. The number of ether oxygens (including phenoxy) is 2. The Bertz CT molecular complexity index is 1870. The van der Waals surface area contributed by atoms with Crippen molar-refractivity contribution in [1.82, 2.24) is 20.0 Å². The van der Waals surface area contributed by atoms with E-state index in [9.17, 15) is 22.8 Å². The lowest BCUT2D eigenvalue weighted by molar-refractivity contribution is -0.137. The Hall–Kier alpha value is -4.62. The van der Waals surface area contributed by atoms with Crippen molar-refractivity contribution in [3.63, 3.8) is 0 Å². The average molecular weight is 735 g/mol. The fourth-order valence-corrected chi connectivity index (χ4v) is 6.98. The van der Waals surface area contributed by atoms with Crippen LogP contribution in [0, 0.1) is 0 Å². The summed E-state index contributed by atoms with van der Waals surface area (Å²) >= 11 is 1.29. The zero-order chi connectivity index (χ0) is 37.0. The van der Waals surface area contributed by atoms with Crippen LogP contribution in [0.2, 0.25) is 0 Å². The number of amides is 2. The van der Waals surface area contributed by atoms with E-state index in [1.165, 1.54) is 37.0 Å². The first-order valence-electron chi connectivity index (χ1n) is 16.9. The Morgan fingerprint density at radius 3 is 2.10 bits per heavy atom. The van der Waals surface area contributed by atoms with Crippen LogP contribution in [0.3, 0.4) is 0 Å². The van der Waals surface area contributed by atoms with Gasteiger partial charge in [0, 0.05) is 34.8 Å². The molecule has 0 saturated carbocycles. The summed E-state index contributed by atoms with van der Waals surface area (Å²) in [6.07, 6.45) is 9.41. The number of unbranched alkanes of at least 4 members (excludes halogenated alkanes) is 4. The summed E-state index contributed by atoms with van der Waals surface area (Å²) in [5.41, 5.74) is 3.01. The van der Waals surface area contributed by atoms with Crippen LogP contribution in [0.1, 0.15) is 79.9 Å². The van der Waals surface area contributed by atoms with Crippen LogP contribution >= 0.6 is 11.3 Å². The highest BCUT2D eigenvalue weighted by Crippen LogP contribution is 2.29. The van der Waals surface area contributed by atoms with Gasteiger partial charge in [-0.05, 0) is 47.2 Å². The third kappa shape index (κ3) is 12.0. The van der Waals surface area contributed by atoms with Gasteiger partial charge in [0.15, 0.2) is 11.6 Å². The molecule has 2 amide bonds. The van der Waals surface area contributed by atoms with Gasteiger partial charge in [0.2, 0.25) is 10.0 Å². The minimum atomic E-state index is -4.37. The molecule has 0 unspecified atom stereocenters. The lowest BCUT2D eigenvalue weighted by atomic mass is 9.95. The molecule has 272 valence electrons. The number of hydrogen-bond acceptors (Lipinski definition) is 10. The van der Waals surface area contributed by atoms with E-state index in [1.807, 2.05) is 55.8 Å². The second-order valence-electron chi connectivity index (χ2n) is 13.2. The maximum Gasteiger partial charge on any atom is 0.322 e. The number of hydrogen-bond donors (Lipinski definition) is 2. The van der Waals surface area contributed by atoms with Crippen molar-refractivity contribution in [3.8, 4) is 28.3 Å². The van der Waals surface area contributed by atoms with Crippen molar-refractivity contribution in [2.24, 2.45) is 0 Å². The van der Waals surface area contributed by atoms with Gasteiger partial charge < -0.3 is 14.8 Å². The Labute approximate surface area is 304 Å². The Morgan fingerprint density at radius 2 is 1.49 bits per heavy atom. The predicted molar refractivity (Wildman–Crippen MR) is 199 cm³/mol. The standard InChI is InChI=1S/C38H46N4O7S2/c1-6-7-8-9-10-21-49-30-17-15-27(16-18-30)29-23-39-35(40-24-29)28-13-11-26(12-14-28)22-31(36(44)42-51(46,47)25-34(43)48-5)41-37(45)32-19-20-33(50-32)38(2,3)4/h11-20,23-24,31H,6-10,21-22,25H2,1-5H3,(H,41,45)(H,42,44)/t31-/m0/s1. The fourth-order valence-electron chi connectivity index (χ4n) is 5.07. The van der Waals surface area contributed by atoms with Gasteiger partial charge in [-0.3, -0.25) is 19.1 Å². The summed E-state index contributed by atoms with van der Waals surface area (Å²) < 4.78 is 37.2. The molecule has 13 heteroatoms. The van der Waals surface area contributed by atoms with Crippen LogP contribution in [-0.2, 0) is 36.2 Å². The Balaban J connectivity index is 1.43. The number of sulfonamides is 1. The van der Waals surface area contributed by atoms with Gasteiger partial charge >= 0.3 is 5.97 Å². The average Bonchev–Trinajstić information content (AvgIpc) is 3.62. The molecule has 0 aliphatic carbocycles. The van der Waals surface area contributed by atoms with E-state index >= 15 is 0 Å². The molecule has 0 saturated heterocycles. The summed E-state index contributed by atoms with van der Waals surface area (Å²) in [6.45, 7) is 8.98. The van der Waals surface area contributed by atoms with Crippen molar-refractivity contribution in [3.05, 3.63) is 88.4 Å². The quantitative estimate of drug-likeness (QED) is 0.0917. The first-order valence-corrected chi connectivity index (χ1v) is 19.4. The zero-order valence-electron chi connectivity index (χ0n) is 29.7. The molecule has 0 aliphatic rings. The molecule has 2 N–H and O–H groups in total. The normalized spacial score (nSPS) is 12.2. The van der Waals surface area contributed by atoms with Gasteiger partial charge in [-0.2, -0.15) is 0 Å². The highest BCUT2D eigenvalue weighted by Gasteiger charge is 2.28. The third-order valence-electron chi connectivity index (χ3n) is 7.99. The first kappa shape index (κ1) is 39.2. The van der Waals surface area contributed by atoms with Gasteiger partial charge in [-0.1, -0.05) is 89.8 Å². The van der Waals surface area contributed by atoms with Gasteiger partial charge in [0.1, 0.15) is 11.8 Å². The molecule has 0 bridgehead atoms. The van der Waals surface area contributed by atoms with Crippen LogP contribution in [0.25, 0.3) is 22.5 Å². The largest absolute Gasteiger partial charge is 0.494 e. The molecule has 2 aromatic carbocycles. The van der Waals surface area contributed by atoms with Crippen molar-refractivity contribution < 1.29 is 32.3 Å². The molecule has 11 nitrogen and oxygen atoms in total. The second kappa shape index (κ2) is 18.0. The van der Waals surface area contributed by atoms with E-state index in [0.29, 0.717) is 22.9 Å². The number of carbonyl (C=O) groups is 3. The monoisotopic (exact) mass is 734 g/mol.